The monoisotopic (exact) mass is 244 g/mol. The summed E-state index contributed by atoms with van der Waals surface area (Å²) < 4.78 is 0.977. The molecular formula is C9H9BrOS. The molecule has 0 aromatic heterocycles. The molecule has 0 aliphatic heterocycles. The van der Waals surface area contributed by atoms with Gasteiger partial charge in [0.15, 0.2) is 0 Å². The topological polar surface area (TPSA) is 17.1 Å². The fourth-order valence-electron chi connectivity index (χ4n) is 1.12. The molecule has 0 heterocycles. The quantitative estimate of drug-likeness (QED) is 0.792. The molecule has 3 heteroatoms. The molecule has 1 rings (SSSR count). The van der Waals surface area contributed by atoms with Crippen molar-refractivity contribution >= 4 is 33.7 Å². The van der Waals surface area contributed by atoms with Gasteiger partial charge in [-0.15, -0.1) is 12.6 Å². The molecule has 64 valence electrons. The number of hydrogen-bond acceptors (Lipinski definition) is 1. The summed E-state index contributed by atoms with van der Waals surface area (Å²) in [6.07, 6.45) is 0.836. The van der Waals surface area contributed by atoms with Gasteiger partial charge in [-0.25, -0.2) is 0 Å². The summed E-state index contributed by atoms with van der Waals surface area (Å²) in [7, 11) is 0. The van der Waals surface area contributed by atoms with Gasteiger partial charge in [0.1, 0.15) is 0 Å². The van der Waals surface area contributed by atoms with Crippen LogP contribution in [0, 0.1) is 0 Å². The summed E-state index contributed by atoms with van der Waals surface area (Å²) in [5, 5.41) is -0.173. The van der Waals surface area contributed by atoms with Crippen molar-refractivity contribution in [1.82, 2.24) is 0 Å². The Balaban J connectivity index is 3.27. The highest BCUT2D eigenvalue weighted by Crippen LogP contribution is 2.22. The van der Waals surface area contributed by atoms with Gasteiger partial charge in [-0.2, -0.15) is 0 Å². The normalized spacial score (nSPS) is 9.92. The first-order valence-electron chi connectivity index (χ1n) is 3.67. The maximum absolute atomic E-state index is 11.0. The van der Waals surface area contributed by atoms with Crippen molar-refractivity contribution in [3.63, 3.8) is 0 Å². The molecule has 1 nitrogen and oxygen atoms in total. The van der Waals surface area contributed by atoms with Crippen LogP contribution in [0.15, 0.2) is 22.7 Å². The number of carbonyl (C=O) groups excluding carboxylic acids is 1. The molecule has 0 radical (unpaired) electrons. The first-order valence-corrected chi connectivity index (χ1v) is 4.91. The minimum atomic E-state index is -0.173. The minimum absolute atomic E-state index is 0.173. The van der Waals surface area contributed by atoms with E-state index in [1.807, 2.05) is 19.1 Å². The van der Waals surface area contributed by atoms with Crippen LogP contribution in [-0.2, 0) is 6.42 Å². The predicted octanol–water partition coefficient (Wildman–Crippen LogP) is 3.08. The van der Waals surface area contributed by atoms with Crippen molar-refractivity contribution in [1.29, 1.82) is 0 Å². The van der Waals surface area contributed by atoms with E-state index in [-0.39, 0.29) is 5.12 Å². The smallest absolute Gasteiger partial charge is 0.216 e. The molecule has 0 saturated heterocycles. The second-order valence-corrected chi connectivity index (χ2v) is 3.69. The van der Waals surface area contributed by atoms with Crippen LogP contribution in [0.3, 0.4) is 0 Å². The Kier molecular flexibility index (Phi) is 3.35. The number of benzene rings is 1. The Morgan fingerprint density at radius 1 is 1.58 bits per heavy atom. The summed E-state index contributed by atoms with van der Waals surface area (Å²) in [6.45, 7) is 2.01. The fraction of sp³-hybridized carbons (Fsp3) is 0.222. The first-order chi connectivity index (χ1) is 5.66. The van der Waals surface area contributed by atoms with Gasteiger partial charge in [0.05, 0.1) is 0 Å². The molecule has 0 spiro atoms. The molecule has 0 saturated carbocycles. The van der Waals surface area contributed by atoms with Crippen LogP contribution in [0.25, 0.3) is 0 Å². The summed E-state index contributed by atoms with van der Waals surface area (Å²) in [5.41, 5.74) is 1.72. The highest BCUT2D eigenvalue weighted by atomic mass is 79.9. The lowest BCUT2D eigenvalue weighted by atomic mass is 10.1. The zero-order chi connectivity index (χ0) is 9.14. The summed E-state index contributed by atoms with van der Waals surface area (Å²) in [4.78, 5) is 11.0. The van der Waals surface area contributed by atoms with Gasteiger partial charge >= 0.3 is 0 Å². The Morgan fingerprint density at radius 3 is 2.67 bits per heavy atom. The molecule has 0 aliphatic rings. The van der Waals surface area contributed by atoms with E-state index in [1.165, 1.54) is 0 Å². The highest BCUT2D eigenvalue weighted by molar-refractivity contribution is 9.10. The standard InChI is InChI=1S/C9H9BrOS/c1-2-6-7(9(11)12)4-3-5-8(6)10/h3-5H,2H2,1H3,(H,11,12). The van der Waals surface area contributed by atoms with E-state index in [9.17, 15) is 4.79 Å². The Hall–Kier alpha value is -0.280. The number of carbonyl (C=O) groups is 1. The zero-order valence-electron chi connectivity index (χ0n) is 6.67. The van der Waals surface area contributed by atoms with Crippen LogP contribution in [0.1, 0.15) is 22.8 Å². The second kappa shape index (κ2) is 4.10. The molecule has 1 aromatic carbocycles. The molecule has 0 aliphatic carbocycles. The predicted molar refractivity (Wildman–Crippen MR) is 56.8 cm³/mol. The van der Waals surface area contributed by atoms with Gasteiger partial charge in [-0.1, -0.05) is 35.0 Å². The molecule has 0 atom stereocenters. The SMILES string of the molecule is CCc1c(Br)cccc1C(=O)S. The number of thiol groups is 1. The van der Waals surface area contributed by atoms with Crippen LogP contribution in [0.2, 0.25) is 0 Å². The Labute approximate surface area is 85.7 Å². The third-order valence-corrected chi connectivity index (χ3v) is 2.69. The van der Waals surface area contributed by atoms with Crippen molar-refractivity contribution in [2.75, 3.05) is 0 Å². The van der Waals surface area contributed by atoms with Gasteiger partial charge < -0.3 is 0 Å². The minimum Gasteiger partial charge on any atom is -0.282 e. The third-order valence-electron chi connectivity index (χ3n) is 1.70. The van der Waals surface area contributed by atoms with Crippen LogP contribution in [0.5, 0.6) is 0 Å². The van der Waals surface area contributed by atoms with Crippen LogP contribution >= 0.6 is 28.6 Å². The average Bonchev–Trinajstić information content (AvgIpc) is 2.03. The van der Waals surface area contributed by atoms with E-state index in [0.29, 0.717) is 5.56 Å². The maximum atomic E-state index is 11.0. The van der Waals surface area contributed by atoms with Gasteiger partial charge in [0, 0.05) is 10.0 Å². The van der Waals surface area contributed by atoms with Crippen molar-refractivity contribution < 1.29 is 4.79 Å². The maximum Gasteiger partial charge on any atom is 0.216 e. The molecule has 0 N–H and O–H groups in total. The van der Waals surface area contributed by atoms with E-state index < -0.39 is 0 Å². The molecule has 1 aromatic rings. The van der Waals surface area contributed by atoms with E-state index >= 15 is 0 Å². The average molecular weight is 245 g/mol. The summed E-state index contributed by atoms with van der Waals surface area (Å²) in [5.74, 6) is 0. The van der Waals surface area contributed by atoms with Crippen molar-refractivity contribution in [2.24, 2.45) is 0 Å². The van der Waals surface area contributed by atoms with Crippen LogP contribution < -0.4 is 0 Å². The lowest BCUT2D eigenvalue weighted by Crippen LogP contribution is -1.96. The molecular weight excluding hydrogens is 236 g/mol. The third kappa shape index (κ3) is 1.90. The second-order valence-electron chi connectivity index (χ2n) is 2.42. The number of rotatable bonds is 2. The van der Waals surface area contributed by atoms with E-state index in [1.54, 1.807) is 6.07 Å². The van der Waals surface area contributed by atoms with Crippen molar-refractivity contribution in [3.8, 4) is 0 Å². The molecule has 0 bridgehead atoms. The van der Waals surface area contributed by atoms with Gasteiger partial charge in [0.25, 0.3) is 0 Å². The first kappa shape index (κ1) is 9.81. The summed E-state index contributed by atoms with van der Waals surface area (Å²) >= 11 is 7.19. The van der Waals surface area contributed by atoms with Gasteiger partial charge in [-0.3, -0.25) is 4.79 Å². The number of hydrogen-bond donors (Lipinski definition) is 1. The van der Waals surface area contributed by atoms with Gasteiger partial charge in [0.2, 0.25) is 5.12 Å². The highest BCUT2D eigenvalue weighted by Gasteiger charge is 2.08. The largest absolute Gasteiger partial charge is 0.282 e. The lowest BCUT2D eigenvalue weighted by Gasteiger charge is -2.05. The van der Waals surface area contributed by atoms with E-state index in [2.05, 4.69) is 28.6 Å². The van der Waals surface area contributed by atoms with E-state index in [4.69, 9.17) is 0 Å². The van der Waals surface area contributed by atoms with Crippen LogP contribution in [0.4, 0.5) is 0 Å². The van der Waals surface area contributed by atoms with E-state index in [0.717, 1.165) is 16.5 Å². The van der Waals surface area contributed by atoms with Crippen molar-refractivity contribution in [2.45, 2.75) is 13.3 Å². The molecule has 0 fully saturated rings. The lowest BCUT2D eigenvalue weighted by molar-refractivity contribution is 0.109. The van der Waals surface area contributed by atoms with Crippen molar-refractivity contribution in [3.05, 3.63) is 33.8 Å². The molecule has 12 heavy (non-hydrogen) atoms. The fourth-order valence-corrected chi connectivity index (χ4v) is 1.97. The summed E-state index contributed by atoms with van der Waals surface area (Å²) in [6, 6.07) is 5.56. The van der Waals surface area contributed by atoms with Gasteiger partial charge in [-0.05, 0) is 18.1 Å². The zero-order valence-corrected chi connectivity index (χ0v) is 9.15. The molecule has 0 unspecified atom stereocenters. The number of halogens is 1. The van der Waals surface area contributed by atoms with Crippen LogP contribution in [-0.4, -0.2) is 5.12 Å². The Morgan fingerprint density at radius 2 is 2.25 bits per heavy atom. The molecule has 0 amide bonds. The Bertz CT molecular complexity index is 309.